The highest BCUT2D eigenvalue weighted by molar-refractivity contribution is 5.16. The van der Waals surface area contributed by atoms with E-state index < -0.39 is 0 Å². The highest BCUT2D eigenvalue weighted by Crippen LogP contribution is 2.28. The van der Waals surface area contributed by atoms with Gasteiger partial charge in [0.25, 0.3) is 0 Å². The molecule has 1 aromatic rings. The van der Waals surface area contributed by atoms with Gasteiger partial charge in [0.2, 0.25) is 0 Å². The first-order chi connectivity index (χ1) is 9.83. The molecule has 110 valence electrons. The lowest BCUT2D eigenvalue weighted by atomic mass is 9.86. The van der Waals surface area contributed by atoms with Gasteiger partial charge >= 0.3 is 0 Å². The van der Waals surface area contributed by atoms with Crippen molar-refractivity contribution < 1.29 is 0 Å². The predicted molar refractivity (Wildman–Crippen MR) is 84.9 cm³/mol. The average molecular weight is 272 g/mol. The molecule has 3 atom stereocenters. The Bertz CT molecular complexity index is 397. The SMILES string of the molecule is CC1CCN(C2CCCNC2)C(Cc2ccccc2)C1. The van der Waals surface area contributed by atoms with Gasteiger partial charge in [0.15, 0.2) is 0 Å². The molecular weight excluding hydrogens is 244 g/mol. The van der Waals surface area contributed by atoms with Crippen LogP contribution in [0.4, 0.5) is 0 Å². The van der Waals surface area contributed by atoms with Gasteiger partial charge in [-0.2, -0.15) is 0 Å². The van der Waals surface area contributed by atoms with Crippen molar-refractivity contribution in [2.45, 2.75) is 51.1 Å². The molecule has 2 heteroatoms. The van der Waals surface area contributed by atoms with Gasteiger partial charge in [0, 0.05) is 18.6 Å². The third-order valence-corrected chi connectivity index (χ3v) is 5.08. The smallest absolute Gasteiger partial charge is 0.0224 e. The zero-order valence-corrected chi connectivity index (χ0v) is 12.7. The maximum absolute atomic E-state index is 3.59. The monoisotopic (exact) mass is 272 g/mol. The first-order valence-corrected chi connectivity index (χ1v) is 8.33. The summed E-state index contributed by atoms with van der Waals surface area (Å²) in [6, 6.07) is 12.6. The minimum absolute atomic E-state index is 0.742. The van der Waals surface area contributed by atoms with E-state index in [1.807, 2.05) is 0 Å². The largest absolute Gasteiger partial charge is 0.315 e. The number of piperidine rings is 2. The van der Waals surface area contributed by atoms with Crippen molar-refractivity contribution in [1.29, 1.82) is 0 Å². The van der Waals surface area contributed by atoms with Gasteiger partial charge in [0.05, 0.1) is 0 Å². The van der Waals surface area contributed by atoms with E-state index in [0.717, 1.165) is 18.0 Å². The van der Waals surface area contributed by atoms with Gasteiger partial charge in [-0.15, -0.1) is 0 Å². The maximum atomic E-state index is 3.59. The molecule has 0 bridgehead atoms. The van der Waals surface area contributed by atoms with E-state index >= 15 is 0 Å². The summed E-state index contributed by atoms with van der Waals surface area (Å²) in [7, 11) is 0. The molecule has 2 nitrogen and oxygen atoms in total. The first-order valence-electron chi connectivity index (χ1n) is 8.33. The van der Waals surface area contributed by atoms with Crippen LogP contribution in [-0.2, 0) is 6.42 Å². The standard InChI is InChI=1S/C18H28N2/c1-15-9-11-20(17-8-5-10-19-14-17)18(12-15)13-16-6-3-2-4-7-16/h2-4,6-7,15,17-19H,5,8-14H2,1H3. The number of nitrogens with one attached hydrogen (secondary N) is 1. The van der Waals surface area contributed by atoms with Crippen LogP contribution in [0, 0.1) is 5.92 Å². The van der Waals surface area contributed by atoms with Crippen molar-refractivity contribution in [3.05, 3.63) is 35.9 Å². The van der Waals surface area contributed by atoms with Gasteiger partial charge in [0.1, 0.15) is 0 Å². The van der Waals surface area contributed by atoms with Gasteiger partial charge in [-0.25, -0.2) is 0 Å². The van der Waals surface area contributed by atoms with Gasteiger partial charge in [-0.3, -0.25) is 4.90 Å². The third kappa shape index (κ3) is 3.42. The summed E-state index contributed by atoms with van der Waals surface area (Å²) in [6.07, 6.45) is 6.69. The Morgan fingerprint density at radius 1 is 1.20 bits per heavy atom. The second-order valence-electron chi connectivity index (χ2n) is 6.71. The second-order valence-corrected chi connectivity index (χ2v) is 6.71. The molecule has 2 aliphatic heterocycles. The normalized spacial score (nSPS) is 32.1. The molecule has 0 aromatic heterocycles. The summed E-state index contributed by atoms with van der Waals surface area (Å²) >= 11 is 0. The molecule has 1 N–H and O–H groups in total. The van der Waals surface area contributed by atoms with Crippen LogP contribution in [0.3, 0.4) is 0 Å². The summed E-state index contributed by atoms with van der Waals surface area (Å²) in [5.74, 6) is 0.886. The van der Waals surface area contributed by atoms with Crippen molar-refractivity contribution in [1.82, 2.24) is 10.2 Å². The zero-order chi connectivity index (χ0) is 13.8. The van der Waals surface area contributed by atoms with Crippen LogP contribution < -0.4 is 5.32 Å². The topological polar surface area (TPSA) is 15.3 Å². The highest BCUT2D eigenvalue weighted by Gasteiger charge is 2.32. The number of hydrogen-bond donors (Lipinski definition) is 1. The Hall–Kier alpha value is -0.860. The molecule has 20 heavy (non-hydrogen) atoms. The second kappa shape index (κ2) is 6.73. The lowest BCUT2D eigenvalue weighted by molar-refractivity contribution is 0.0594. The maximum Gasteiger partial charge on any atom is 0.0224 e. The molecule has 2 heterocycles. The van der Waals surface area contributed by atoms with Crippen LogP contribution in [0.5, 0.6) is 0 Å². The van der Waals surface area contributed by atoms with Crippen LogP contribution in [0.2, 0.25) is 0 Å². The van der Waals surface area contributed by atoms with Crippen molar-refractivity contribution in [2.75, 3.05) is 19.6 Å². The Labute approximate surface area is 123 Å². The molecule has 0 spiro atoms. The van der Waals surface area contributed by atoms with Crippen molar-refractivity contribution in [2.24, 2.45) is 5.92 Å². The van der Waals surface area contributed by atoms with E-state index in [9.17, 15) is 0 Å². The average Bonchev–Trinajstić information content (AvgIpc) is 2.49. The van der Waals surface area contributed by atoms with Gasteiger partial charge in [-0.1, -0.05) is 37.3 Å². The predicted octanol–water partition coefficient (Wildman–Crippen LogP) is 3.08. The summed E-state index contributed by atoms with van der Waals surface area (Å²) in [6.45, 7) is 6.13. The molecule has 3 unspecified atom stereocenters. The fourth-order valence-electron chi connectivity index (χ4n) is 3.95. The molecule has 3 rings (SSSR count). The van der Waals surface area contributed by atoms with E-state index in [-0.39, 0.29) is 0 Å². The third-order valence-electron chi connectivity index (χ3n) is 5.08. The molecule has 0 saturated carbocycles. The Morgan fingerprint density at radius 3 is 2.80 bits per heavy atom. The quantitative estimate of drug-likeness (QED) is 0.909. The molecular formula is C18H28N2. The van der Waals surface area contributed by atoms with Crippen LogP contribution >= 0.6 is 0 Å². The summed E-state index contributed by atoms with van der Waals surface area (Å²) < 4.78 is 0. The molecule has 2 saturated heterocycles. The molecule has 0 radical (unpaired) electrons. The fraction of sp³-hybridized carbons (Fsp3) is 0.667. The number of nitrogens with zero attached hydrogens (tertiary/aromatic N) is 1. The summed E-state index contributed by atoms with van der Waals surface area (Å²) in [5.41, 5.74) is 1.50. The molecule has 0 aliphatic carbocycles. The Kier molecular flexibility index (Phi) is 4.74. The Balaban J connectivity index is 1.69. The van der Waals surface area contributed by atoms with Crippen LogP contribution in [0.25, 0.3) is 0 Å². The van der Waals surface area contributed by atoms with E-state index in [0.29, 0.717) is 0 Å². The lowest BCUT2D eigenvalue weighted by Crippen LogP contribution is -2.54. The number of hydrogen-bond acceptors (Lipinski definition) is 2. The Morgan fingerprint density at radius 2 is 2.05 bits per heavy atom. The molecule has 2 aliphatic rings. The molecule has 1 aromatic carbocycles. The summed E-state index contributed by atoms with van der Waals surface area (Å²) in [4.78, 5) is 2.82. The molecule has 2 fully saturated rings. The highest BCUT2D eigenvalue weighted by atomic mass is 15.2. The van der Waals surface area contributed by atoms with E-state index in [2.05, 4.69) is 47.5 Å². The number of rotatable bonds is 3. The van der Waals surface area contributed by atoms with Crippen LogP contribution in [-0.4, -0.2) is 36.6 Å². The van der Waals surface area contributed by atoms with Gasteiger partial charge < -0.3 is 5.32 Å². The van der Waals surface area contributed by atoms with E-state index in [1.165, 1.54) is 57.3 Å². The number of benzene rings is 1. The first kappa shape index (κ1) is 14.1. The van der Waals surface area contributed by atoms with E-state index in [1.54, 1.807) is 0 Å². The van der Waals surface area contributed by atoms with Crippen molar-refractivity contribution in [3.63, 3.8) is 0 Å². The minimum Gasteiger partial charge on any atom is -0.315 e. The zero-order valence-electron chi connectivity index (χ0n) is 12.7. The van der Waals surface area contributed by atoms with Crippen LogP contribution in [0.1, 0.15) is 38.2 Å². The van der Waals surface area contributed by atoms with Crippen LogP contribution in [0.15, 0.2) is 30.3 Å². The van der Waals surface area contributed by atoms with Crippen molar-refractivity contribution in [3.8, 4) is 0 Å². The molecule has 0 amide bonds. The van der Waals surface area contributed by atoms with Crippen molar-refractivity contribution >= 4 is 0 Å². The number of likely N-dealkylation sites (tertiary alicyclic amines) is 1. The fourth-order valence-corrected chi connectivity index (χ4v) is 3.95. The lowest BCUT2D eigenvalue weighted by Gasteiger charge is -2.45. The van der Waals surface area contributed by atoms with Gasteiger partial charge in [-0.05, 0) is 56.7 Å². The minimum atomic E-state index is 0.742. The summed E-state index contributed by atoms with van der Waals surface area (Å²) in [5, 5.41) is 3.59. The van der Waals surface area contributed by atoms with E-state index in [4.69, 9.17) is 0 Å².